The fourth-order valence-corrected chi connectivity index (χ4v) is 4.30. The zero-order chi connectivity index (χ0) is 28.5. The molecule has 1 amide bonds. The third-order valence-corrected chi connectivity index (χ3v) is 6.22. The van der Waals surface area contributed by atoms with Gasteiger partial charge in [0.15, 0.2) is 0 Å². The van der Waals surface area contributed by atoms with Crippen LogP contribution < -0.4 is 0 Å². The van der Waals surface area contributed by atoms with Crippen LogP contribution in [0.4, 0.5) is 0 Å². The van der Waals surface area contributed by atoms with Crippen LogP contribution in [0.1, 0.15) is 76.9 Å². The summed E-state index contributed by atoms with van der Waals surface area (Å²) in [6, 6.07) is 12.3. The number of carbonyl (C=O) groups excluding carboxylic acids is 1. The Morgan fingerprint density at radius 3 is 2.51 bits per heavy atom. The van der Waals surface area contributed by atoms with Crippen molar-refractivity contribution in [2.75, 3.05) is 6.54 Å². The Hall–Kier alpha value is -3.93. The molecule has 3 aromatic rings. The fourth-order valence-electron chi connectivity index (χ4n) is 4.30. The lowest BCUT2D eigenvalue weighted by Crippen LogP contribution is -2.38. The Labute approximate surface area is 234 Å². The molecule has 3 heterocycles. The smallest absolute Gasteiger partial charge is 0.258 e. The number of nitrogens with zero attached hydrogens (tertiary/aromatic N) is 4. The van der Waals surface area contributed by atoms with Crippen molar-refractivity contribution >= 4 is 11.5 Å². The summed E-state index contributed by atoms with van der Waals surface area (Å²) in [6.07, 6.45) is 20.8. The van der Waals surface area contributed by atoms with Crippen LogP contribution >= 0.6 is 0 Å². The zero-order valence-electron chi connectivity index (χ0n) is 24.5. The number of H-pyrrole nitrogens is 1. The van der Waals surface area contributed by atoms with Crippen LogP contribution in [0.2, 0.25) is 0 Å². The quantitative estimate of drug-likeness (QED) is 0.341. The molecule has 0 unspecified atom stereocenters. The molecule has 6 heteroatoms. The van der Waals surface area contributed by atoms with Gasteiger partial charge in [-0.2, -0.15) is 10.2 Å². The summed E-state index contributed by atoms with van der Waals surface area (Å²) in [5.41, 5.74) is 4.44. The minimum Gasteiger partial charge on any atom is -0.334 e. The molecule has 0 saturated carbocycles. The molecular weight excluding hydrogens is 482 g/mol. The molecule has 2 aliphatic rings. The zero-order valence-corrected chi connectivity index (χ0v) is 24.5. The van der Waals surface area contributed by atoms with Crippen molar-refractivity contribution in [2.24, 2.45) is 0 Å². The lowest BCUT2D eigenvalue weighted by Gasteiger charge is -2.24. The SMILES string of the molecule is C/C=C\C.CC.CC.O=C(c1cn[nH]c1C1=CC=CCC=C1)N1CCC[C@H]1Cn1ccc(-c2ccccc2)n1. The van der Waals surface area contributed by atoms with Gasteiger partial charge in [0.1, 0.15) is 0 Å². The molecule has 208 valence electrons. The number of hydrogen-bond acceptors (Lipinski definition) is 3. The molecule has 1 atom stereocenters. The average molecular weight is 528 g/mol. The van der Waals surface area contributed by atoms with E-state index >= 15 is 0 Å². The van der Waals surface area contributed by atoms with Gasteiger partial charge in [0.25, 0.3) is 5.91 Å². The van der Waals surface area contributed by atoms with Crippen molar-refractivity contribution < 1.29 is 4.79 Å². The summed E-state index contributed by atoms with van der Waals surface area (Å²) < 4.78 is 1.95. The van der Waals surface area contributed by atoms with E-state index in [1.807, 2.05) is 112 Å². The van der Waals surface area contributed by atoms with Crippen molar-refractivity contribution in [2.45, 2.75) is 73.4 Å². The van der Waals surface area contributed by atoms with Crippen LogP contribution in [-0.4, -0.2) is 43.4 Å². The predicted octanol–water partition coefficient (Wildman–Crippen LogP) is 8.11. The molecule has 6 nitrogen and oxygen atoms in total. The van der Waals surface area contributed by atoms with Crippen molar-refractivity contribution in [3.63, 3.8) is 0 Å². The number of rotatable bonds is 5. The Morgan fingerprint density at radius 2 is 1.79 bits per heavy atom. The first-order valence-electron chi connectivity index (χ1n) is 14.3. The molecule has 1 aromatic carbocycles. The predicted molar refractivity (Wildman–Crippen MR) is 164 cm³/mol. The molecule has 0 bridgehead atoms. The highest BCUT2D eigenvalue weighted by Gasteiger charge is 2.32. The Kier molecular flexibility index (Phi) is 14.1. The first-order chi connectivity index (χ1) is 19.2. The third-order valence-electron chi connectivity index (χ3n) is 6.22. The number of aromatic nitrogens is 4. The van der Waals surface area contributed by atoms with Gasteiger partial charge in [0.05, 0.1) is 35.7 Å². The summed E-state index contributed by atoms with van der Waals surface area (Å²) in [7, 11) is 0. The topological polar surface area (TPSA) is 66.8 Å². The third kappa shape index (κ3) is 8.81. The van der Waals surface area contributed by atoms with Crippen LogP contribution in [0.25, 0.3) is 16.8 Å². The summed E-state index contributed by atoms with van der Waals surface area (Å²) in [5.74, 6) is 0.0317. The van der Waals surface area contributed by atoms with Crippen molar-refractivity contribution in [1.82, 2.24) is 24.9 Å². The second-order valence-corrected chi connectivity index (χ2v) is 8.60. The van der Waals surface area contributed by atoms with E-state index in [-0.39, 0.29) is 11.9 Å². The summed E-state index contributed by atoms with van der Waals surface area (Å²) in [5, 5.41) is 11.9. The number of amides is 1. The molecule has 1 aliphatic heterocycles. The van der Waals surface area contributed by atoms with Gasteiger partial charge in [-0.1, -0.05) is 101 Å². The minimum atomic E-state index is 0.0317. The fraction of sp³-hybridized carbons (Fsp3) is 0.364. The molecule has 0 spiro atoms. The standard InChI is InChI=1S/C25H25N5O.C4H8.2C2H6/c31-25(22-17-26-27-24(22)20-11-4-1-2-5-12-20)30-15-8-13-21(30)18-29-16-14-23(28-29)19-9-6-3-7-10-19;1-3-4-2;2*1-2/h1,3-7,9-12,14,16-17,21H,2,8,13,15,18H2,(H,26,27);3-4H,1-2H3;2*1-2H3/b;4-3-;;/t21-;;;/m0.../s1. The molecule has 39 heavy (non-hydrogen) atoms. The number of likely N-dealkylation sites (tertiary alicyclic amines) is 1. The van der Waals surface area contributed by atoms with Crippen LogP contribution in [0.3, 0.4) is 0 Å². The summed E-state index contributed by atoms with van der Waals surface area (Å²) >= 11 is 0. The largest absolute Gasteiger partial charge is 0.334 e. The normalized spacial score (nSPS) is 15.8. The van der Waals surface area contributed by atoms with Crippen LogP contribution in [0, 0.1) is 0 Å². The van der Waals surface area contributed by atoms with Crippen LogP contribution in [0.15, 0.2) is 91.3 Å². The second-order valence-electron chi connectivity index (χ2n) is 8.60. The number of carbonyl (C=O) groups is 1. The molecular formula is C33H45N5O. The molecule has 1 aliphatic carbocycles. The number of allylic oxidation sites excluding steroid dienone is 8. The number of aromatic amines is 1. The van der Waals surface area contributed by atoms with E-state index < -0.39 is 0 Å². The van der Waals surface area contributed by atoms with E-state index in [1.54, 1.807) is 6.20 Å². The van der Waals surface area contributed by atoms with Crippen LogP contribution in [0.5, 0.6) is 0 Å². The minimum absolute atomic E-state index is 0.0317. The van der Waals surface area contributed by atoms with Crippen molar-refractivity contribution in [3.8, 4) is 11.3 Å². The summed E-state index contributed by atoms with van der Waals surface area (Å²) in [4.78, 5) is 15.4. The number of hydrogen-bond donors (Lipinski definition) is 1. The number of nitrogens with one attached hydrogen (secondary N) is 1. The monoisotopic (exact) mass is 527 g/mol. The number of benzene rings is 1. The first-order valence-corrected chi connectivity index (χ1v) is 14.3. The Balaban J connectivity index is 0.000000602. The van der Waals surface area contributed by atoms with E-state index in [2.05, 4.69) is 34.5 Å². The molecule has 5 rings (SSSR count). The van der Waals surface area contributed by atoms with Gasteiger partial charge in [-0.15, -0.1) is 0 Å². The van der Waals surface area contributed by atoms with Gasteiger partial charge in [-0.05, 0) is 39.2 Å². The van der Waals surface area contributed by atoms with Crippen molar-refractivity contribution in [1.29, 1.82) is 0 Å². The highest BCUT2D eigenvalue weighted by Crippen LogP contribution is 2.26. The van der Waals surface area contributed by atoms with Crippen molar-refractivity contribution in [3.05, 3.63) is 103 Å². The van der Waals surface area contributed by atoms with E-state index in [0.29, 0.717) is 12.1 Å². The molecule has 0 radical (unpaired) electrons. The van der Waals surface area contributed by atoms with Gasteiger partial charge >= 0.3 is 0 Å². The van der Waals surface area contributed by atoms with Gasteiger partial charge in [-0.3, -0.25) is 14.6 Å². The Morgan fingerprint density at radius 1 is 1.05 bits per heavy atom. The maximum atomic E-state index is 13.5. The molecule has 2 aromatic heterocycles. The highest BCUT2D eigenvalue weighted by atomic mass is 16.2. The van der Waals surface area contributed by atoms with E-state index in [9.17, 15) is 4.79 Å². The van der Waals surface area contributed by atoms with Gasteiger partial charge in [0.2, 0.25) is 0 Å². The highest BCUT2D eigenvalue weighted by molar-refractivity contribution is 5.99. The second kappa shape index (κ2) is 17.6. The van der Waals surface area contributed by atoms with E-state index in [1.165, 1.54) is 0 Å². The van der Waals surface area contributed by atoms with Gasteiger partial charge in [0, 0.05) is 23.9 Å². The average Bonchev–Trinajstić information content (AvgIpc) is 3.74. The summed E-state index contributed by atoms with van der Waals surface area (Å²) in [6.45, 7) is 13.5. The van der Waals surface area contributed by atoms with Gasteiger partial charge in [-0.25, -0.2) is 0 Å². The van der Waals surface area contributed by atoms with Crippen LogP contribution in [-0.2, 0) is 6.54 Å². The lowest BCUT2D eigenvalue weighted by molar-refractivity contribution is 0.0721. The maximum absolute atomic E-state index is 13.5. The van der Waals surface area contributed by atoms with Gasteiger partial charge < -0.3 is 4.90 Å². The Bertz CT molecular complexity index is 1230. The maximum Gasteiger partial charge on any atom is 0.258 e. The first kappa shape index (κ1) is 31.3. The molecule has 1 saturated heterocycles. The molecule has 1 fully saturated rings. The lowest BCUT2D eigenvalue weighted by atomic mass is 10.1. The van der Waals surface area contributed by atoms with E-state index in [0.717, 1.165) is 48.3 Å². The van der Waals surface area contributed by atoms with E-state index in [4.69, 9.17) is 5.10 Å². The molecule has 1 N–H and O–H groups in total.